The van der Waals surface area contributed by atoms with Gasteiger partial charge in [0.15, 0.2) is 5.65 Å². The summed E-state index contributed by atoms with van der Waals surface area (Å²) in [4.78, 5) is 9.43. The summed E-state index contributed by atoms with van der Waals surface area (Å²) in [7, 11) is 1.86. The number of nitrogens with one attached hydrogen (secondary N) is 1. The molecule has 0 spiro atoms. The number of hydrogen-bond acceptors (Lipinski definition) is 7. The van der Waals surface area contributed by atoms with Crippen LogP contribution < -0.4 is 10.1 Å². The topological polar surface area (TPSA) is 112 Å². The molecule has 160 valence electrons. The number of hydrogen-bond donors (Lipinski definition) is 1. The van der Waals surface area contributed by atoms with Crippen LogP contribution in [0.15, 0.2) is 18.2 Å². The molecule has 0 amide bonds. The van der Waals surface area contributed by atoms with Crippen LogP contribution in [0, 0.1) is 48.8 Å². The third-order valence-electron chi connectivity index (χ3n) is 6.50. The van der Waals surface area contributed by atoms with Gasteiger partial charge < -0.3 is 10.1 Å². The Bertz CT molecular complexity index is 1340. The Balaban J connectivity index is 1.53. The molecule has 0 saturated heterocycles. The highest BCUT2D eigenvalue weighted by Crippen LogP contribution is 2.67. The lowest BCUT2D eigenvalue weighted by atomic mass is 9.40. The minimum absolute atomic E-state index is 0.0884. The molecule has 2 aromatic heterocycles. The lowest BCUT2D eigenvalue weighted by molar-refractivity contribution is -0.0665. The Hall–Kier alpha value is -3.91. The first-order chi connectivity index (χ1) is 15.3. The first-order valence-corrected chi connectivity index (χ1v) is 10.5. The van der Waals surface area contributed by atoms with E-state index in [-0.39, 0.29) is 11.0 Å². The maximum atomic E-state index is 9.31. The van der Waals surface area contributed by atoms with Crippen molar-refractivity contribution in [2.45, 2.75) is 45.6 Å². The van der Waals surface area contributed by atoms with Crippen molar-refractivity contribution < 1.29 is 4.74 Å². The van der Waals surface area contributed by atoms with Crippen molar-refractivity contribution in [1.82, 2.24) is 19.7 Å². The van der Waals surface area contributed by atoms with Gasteiger partial charge in [0.25, 0.3) is 0 Å². The van der Waals surface area contributed by atoms with E-state index in [2.05, 4.69) is 16.5 Å². The SMILES string of the molecule is Cc1cc(/C=C/C#N)cc(C)c1Oc1nc(NC23CC(C#N)(C2)C3)nc2c1c(C)nn2C. The van der Waals surface area contributed by atoms with Crippen molar-refractivity contribution in [3.8, 4) is 23.8 Å². The molecule has 3 aliphatic rings. The fourth-order valence-corrected chi connectivity index (χ4v) is 5.18. The second-order valence-electron chi connectivity index (χ2n) is 9.14. The number of ether oxygens (including phenoxy) is 1. The number of anilines is 1. The van der Waals surface area contributed by atoms with Crippen molar-refractivity contribution in [2.24, 2.45) is 12.5 Å². The number of allylic oxidation sites excluding steroid dienone is 1. The summed E-state index contributed by atoms with van der Waals surface area (Å²) in [5, 5.41) is 26.9. The number of aromatic nitrogens is 4. The van der Waals surface area contributed by atoms with Crippen molar-refractivity contribution in [3.05, 3.63) is 40.6 Å². The Kier molecular flexibility index (Phi) is 4.25. The van der Waals surface area contributed by atoms with Crippen LogP contribution in [0.3, 0.4) is 0 Å². The van der Waals surface area contributed by atoms with E-state index >= 15 is 0 Å². The normalized spacial score (nSPS) is 23.3. The standard InChI is InChI=1S/C24H23N7O/c1-14-8-17(6-5-7-25)9-15(2)19(14)32-21-18-16(3)30-31(4)20(18)27-22(28-21)29-24-10-23(11-24,12-24)13-26/h5-6,8-9H,10-12H2,1-4H3,(H,27,28,29)/b6-5+. The van der Waals surface area contributed by atoms with Crippen LogP contribution in [-0.2, 0) is 7.05 Å². The molecule has 0 unspecified atom stereocenters. The van der Waals surface area contributed by atoms with Gasteiger partial charge in [-0.15, -0.1) is 0 Å². The maximum absolute atomic E-state index is 9.31. The average molecular weight is 425 g/mol. The van der Waals surface area contributed by atoms with Gasteiger partial charge in [-0.25, -0.2) is 4.68 Å². The maximum Gasteiger partial charge on any atom is 0.235 e. The van der Waals surface area contributed by atoms with Gasteiger partial charge in [0.1, 0.15) is 11.1 Å². The second kappa shape index (κ2) is 6.80. The molecule has 3 saturated carbocycles. The minimum atomic E-state index is -0.157. The zero-order chi connectivity index (χ0) is 22.7. The van der Waals surface area contributed by atoms with E-state index < -0.39 is 0 Å². The fourth-order valence-electron chi connectivity index (χ4n) is 5.18. The number of benzene rings is 1. The molecular weight excluding hydrogens is 402 g/mol. The summed E-state index contributed by atoms with van der Waals surface area (Å²) in [5.74, 6) is 1.67. The molecule has 6 rings (SSSR count). The van der Waals surface area contributed by atoms with Crippen LogP contribution >= 0.6 is 0 Å². The van der Waals surface area contributed by atoms with Gasteiger partial charge in [0.05, 0.1) is 23.2 Å². The van der Waals surface area contributed by atoms with Gasteiger partial charge in [-0.3, -0.25) is 0 Å². The van der Waals surface area contributed by atoms with E-state index in [1.54, 1.807) is 10.8 Å². The van der Waals surface area contributed by atoms with Gasteiger partial charge >= 0.3 is 0 Å². The van der Waals surface area contributed by atoms with Gasteiger partial charge in [0.2, 0.25) is 11.8 Å². The zero-order valence-electron chi connectivity index (χ0n) is 18.5. The summed E-state index contributed by atoms with van der Waals surface area (Å²) in [6, 6.07) is 8.41. The highest BCUT2D eigenvalue weighted by atomic mass is 16.5. The monoisotopic (exact) mass is 425 g/mol. The van der Waals surface area contributed by atoms with Crippen LogP contribution in [-0.4, -0.2) is 25.3 Å². The third-order valence-corrected chi connectivity index (χ3v) is 6.50. The lowest BCUT2D eigenvalue weighted by Crippen LogP contribution is -2.70. The molecule has 1 N–H and O–H groups in total. The van der Waals surface area contributed by atoms with Gasteiger partial charge in [-0.05, 0) is 74.9 Å². The number of nitriles is 2. The number of nitrogens with zero attached hydrogens (tertiary/aromatic N) is 6. The van der Waals surface area contributed by atoms with Crippen LogP contribution in [0.2, 0.25) is 0 Å². The first-order valence-electron chi connectivity index (χ1n) is 10.5. The highest BCUT2D eigenvalue weighted by Gasteiger charge is 2.69. The van der Waals surface area contributed by atoms with E-state index in [9.17, 15) is 5.26 Å². The smallest absolute Gasteiger partial charge is 0.235 e. The Morgan fingerprint density at radius 1 is 1.12 bits per heavy atom. The Labute approximate surface area is 186 Å². The van der Waals surface area contributed by atoms with Crippen molar-refractivity contribution >= 4 is 23.1 Å². The minimum Gasteiger partial charge on any atom is -0.437 e. The zero-order valence-corrected chi connectivity index (χ0v) is 18.5. The van der Waals surface area contributed by atoms with E-state index in [1.165, 1.54) is 6.08 Å². The molecule has 3 aromatic rings. The molecule has 0 atom stereocenters. The third kappa shape index (κ3) is 2.99. The molecule has 8 heteroatoms. The van der Waals surface area contributed by atoms with Crippen molar-refractivity contribution in [3.63, 3.8) is 0 Å². The van der Waals surface area contributed by atoms with Crippen molar-refractivity contribution in [2.75, 3.05) is 5.32 Å². The molecule has 3 aliphatic carbocycles. The molecule has 0 radical (unpaired) electrons. The van der Waals surface area contributed by atoms with Crippen LogP contribution in [0.25, 0.3) is 17.1 Å². The summed E-state index contributed by atoms with van der Waals surface area (Å²) < 4.78 is 8.12. The quantitative estimate of drug-likeness (QED) is 0.600. The molecule has 2 heterocycles. The highest BCUT2D eigenvalue weighted by molar-refractivity contribution is 5.85. The molecule has 3 fully saturated rings. The van der Waals surface area contributed by atoms with Crippen LogP contribution in [0.5, 0.6) is 11.6 Å². The van der Waals surface area contributed by atoms with E-state index in [0.29, 0.717) is 17.5 Å². The number of fused-ring (bicyclic) bond motifs is 1. The summed E-state index contributed by atoms with van der Waals surface area (Å²) >= 11 is 0. The predicted octanol–water partition coefficient (Wildman–Crippen LogP) is 4.48. The molecule has 2 bridgehead atoms. The van der Waals surface area contributed by atoms with E-state index in [0.717, 1.165) is 52.8 Å². The predicted molar refractivity (Wildman–Crippen MR) is 120 cm³/mol. The largest absolute Gasteiger partial charge is 0.437 e. The molecular formula is C24H23N7O. The first kappa shape index (κ1) is 20.0. The van der Waals surface area contributed by atoms with E-state index in [4.69, 9.17) is 20.0 Å². The Morgan fingerprint density at radius 3 is 2.44 bits per heavy atom. The average Bonchev–Trinajstić information content (AvgIpc) is 2.98. The molecule has 8 nitrogen and oxygen atoms in total. The summed E-state index contributed by atoms with van der Waals surface area (Å²) in [6.07, 6.45) is 5.72. The second-order valence-corrected chi connectivity index (χ2v) is 9.14. The fraction of sp³-hybridized carbons (Fsp3) is 0.375. The van der Waals surface area contributed by atoms with Crippen LogP contribution in [0.1, 0.15) is 41.6 Å². The van der Waals surface area contributed by atoms with E-state index in [1.807, 2.05) is 46.0 Å². The van der Waals surface area contributed by atoms with Gasteiger partial charge in [-0.2, -0.15) is 25.6 Å². The Morgan fingerprint density at radius 2 is 1.81 bits per heavy atom. The van der Waals surface area contributed by atoms with Crippen LogP contribution in [0.4, 0.5) is 5.95 Å². The number of aryl methyl sites for hydroxylation is 4. The number of rotatable bonds is 5. The van der Waals surface area contributed by atoms with Crippen molar-refractivity contribution in [1.29, 1.82) is 10.5 Å². The summed E-state index contributed by atoms with van der Waals surface area (Å²) in [5.41, 5.74) is 4.07. The molecule has 0 aliphatic heterocycles. The van der Waals surface area contributed by atoms with Gasteiger partial charge in [-0.1, -0.05) is 0 Å². The molecule has 1 aromatic carbocycles. The molecule has 32 heavy (non-hydrogen) atoms. The summed E-state index contributed by atoms with van der Waals surface area (Å²) in [6.45, 7) is 5.87. The van der Waals surface area contributed by atoms with Gasteiger partial charge in [0, 0.05) is 18.7 Å². The lowest BCUT2D eigenvalue weighted by Gasteiger charge is -2.66.